The Hall–Kier alpha value is -2.78. The summed E-state index contributed by atoms with van der Waals surface area (Å²) in [5, 5.41) is 20.6. The zero-order valence-corrected chi connectivity index (χ0v) is 15.3. The molecule has 0 aromatic heterocycles. The number of nitro groups is 1. The van der Waals surface area contributed by atoms with Gasteiger partial charge in [-0.3, -0.25) is 15.1 Å². The number of hydrogen-bond donors (Lipinski definition) is 1. The first-order valence-electron chi connectivity index (χ1n) is 8.49. The van der Waals surface area contributed by atoms with Crippen molar-refractivity contribution in [3.05, 3.63) is 58.1 Å². The first-order chi connectivity index (χ1) is 12.9. The molecule has 142 valence electrons. The number of aliphatic imine (C=N–C) groups is 1. The smallest absolute Gasteiger partial charge is 0.270 e. The van der Waals surface area contributed by atoms with Crippen LogP contribution in [0.1, 0.15) is 24.8 Å². The molecule has 0 unspecified atom stereocenters. The van der Waals surface area contributed by atoms with Gasteiger partial charge >= 0.3 is 0 Å². The number of piperidine rings is 1. The van der Waals surface area contributed by atoms with Crippen LogP contribution in [0.25, 0.3) is 0 Å². The van der Waals surface area contributed by atoms with E-state index < -0.39 is 14.9 Å². The van der Waals surface area contributed by atoms with Crippen LogP contribution in [-0.4, -0.2) is 42.1 Å². The Morgan fingerprint density at radius 3 is 2.37 bits per heavy atom. The molecule has 1 N–H and O–H groups in total. The summed E-state index contributed by atoms with van der Waals surface area (Å²) in [6.07, 6.45) is 4.09. The second kappa shape index (κ2) is 7.85. The van der Waals surface area contributed by atoms with Crippen LogP contribution in [0, 0.1) is 10.1 Å². The summed E-state index contributed by atoms with van der Waals surface area (Å²) in [7, 11) is -3.50. The Labute approximate surface area is 157 Å². The Morgan fingerprint density at radius 2 is 1.74 bits per heavy atom. The van der Waals surface area contributed by atoms with E-state index in [1.54, 1.807) is 12.1 Å². The van der Waals surface area contributed by atoms with Crippen molar-refractivity contribution < 1.29 is 18.4 Å². The van der Waals surface area contributed by atoms with Crippen LogP contribution < -0.4 is 0 Å². The zero-order valence-electron chi connectivity index (χ0n) is 14.5. The molecular weight excluding hydrogens is 370 g/mol. The Bertz CT molecular complexity index is 965. The zero-order chi connectivity index (χ0) is 19.4. The molecule has 0 atom stereocenters. The van der Waals surface area contributed by atoms with Crippen LogP contribution in [0.5, 0.6) is 5.75 Å². The molecule has 0 amide bonds. The quantitative estimate of drug-likeness (QED) is 0.479. The van der Waals surface area contributed by atoms with Gasteiger partial charge in [-0.05, 0) is 43.2 Å². The summed E-state index contributed by atoms with van der Waals surface area (Å²) in [4.78, 5) is 14.6. The Kier molecular flexibility index (Phi) is 5.52. The molecule has 2 aromatic carbocycles. The summed E-state index contributed by atoms with van der Waals surface area (Å²) < 4.78 is 26.7. The van der Waals surface area contributed by atoms with Crippen molar-refractivity contribution >= 4 is 27.6 Å². The van der Waals surface area contributed by atoms with E-state index in [9.17, 15) is 23.6 Å². The highest BCUT2D eigenvalue weighted by atomic mass is 32.2. The molecule has 0 spiro atoms. The third-order valence-corrected chi connectivity index (χ3v) is 6.28. The lowest BCUT2D eigenvalue weighted by Gasteiger charge is -2.25. The van der Waals surface area contributed by atoms with Crippen LogP contribution >= 0.6 is 0 Å². The molecule has 0 radical (unpaired) electrons. The van der Waals surface area contributed by atoms with Gasteiger partial charge in [0.25, 0.3) is 5.69 Å². The van der Waals surface area contributed by atoms with Crippen LogP contribution in [0.15, 0.2) is 52.4 Å². The number of sulfonamides is 1. The number of phenols is 1. The highest BCUT2D eigenvalue weighted by molar-refractivity contribution is 7.89. The summed E-state index contributed by atoms with van der Waals surface area (Å²) in [6.45, 7) is 1.07. The SMILES string of the molecule is O=[N+]([O-])c1ccc(O)c(C=Nc2ccc(S(=O)(=O)N3CCCCC3)cc2)c1. The van der Waals surface area contributed by atoms with Gasteiger partial charge in [0.05, 0.1) is 15.5 Å². The molecule has 1 aliphatic rings. The van der Waals surface area contributed by atoms with E-state index in [1.165, 1.54) is 40.9 Å². The fourth-order valence-electron chi connectivity index (χ4n) is 2.86. The van der Waals surface area contributed by atoms with Crippen molar-refractivity contribution in [3.63, 3.8) is 0 Å². The molecule has 1 saturated heterocycles. The van der Waals surface area contributed by atoms with E-state index in [1.807, 2.05) is 0 Å². The minimum atomic E-state index is -3.50. The minimum absolute atomic E-state index is 0.131. The van der Waals surface area contributed by atoms with E-state index in [0.717, 1.165) is 19.3 Å². The molecule has 8 nitrogen and oxygen atoms in total. The minimum Gasteiger partial charge on any atom is -0.507 e. The number of non-ortho nitro benzene ring substituents is 1. The molecule has 0 aliphatic carbocycles. The summed E-state index contributed by atoms with van der Waals surface area (Å²) >= 11 is 0. The molecule has 1 heterocycles. The van der Waals surface area contributed by atoms with Crippen molar-refractivity contribution in [2.24, 2.45) is 4.99 Å². The number of phenolic OH excluding ortho intramolecular Hbond substituents is 1. The fourth-order valence-corrected chi connectivity index (χ4v) is 4.38. The van der Waals surface area contributed by atoms with Crippen molar-refractivity contribution in [3.8, 4) is 5.75 Å². The van der Waals surface area contributed by atoms with Crippen molar-refractivity contribution in [2.45, 2.75) is 24.2 Å². The maximum absolute atomic E-state index is 12.6. The standard InChI is InChI=1S/C18H19N3O5S/c22-18-9-6-16(21(23)24)12-14(18)13-19-15-4-7-17(8-5-15)27(25,26)20-10-2-1-3-11-20/h4-9,12-13,22H,1-3,10-11H2. The number of rotatable bonds is 5. The average molecular weight is 389 g/mol. The summed E-state index contributed by atoms with van der Waals surface area (Å²) in [5.41, 5.74) is 0.518. The van der Waals surface area contributed by atoms with Crippen molar-refractivity contribution in [1.82, 2.24) is 4.31 Å². The predicted molar refractivity (Wildman–Crippen MR) is 101 cm³/mol. The van der Waals surface area contributed by atoms with Crippen molar-refractivity contribution in [2.75, 3.05) is 13.1 Å². The number of nitro benzene ring substituents is 1. The molecule has 0 bridgehead atoms. The lowest BCUT2D eigenvalue weighted by Crippen LogP contribution is -2.35. The molecule has 1 fully saturated rings. The lowest BCUT2D eigenvalue weighted by molar-refractivity contribution is -0.384. The molecule has 1 aliphatic heterocycles. The predicted octanol–water partition coefficient (Wildman–Crippen LogP) is 3.23. The third-order valence-electron chi connectivity index (χ3n) is 4.36. The van der Waals surface area contributed by atoms with Gasteiger partial charge in [0.2, 0.25) is 10.0 Å². The van der Waals surface area contributed by atoms with Gasteiger partial charge in [-0.1, -0.05) is 6.42 Å². The first kappa shape index (κ1) is 19.0. The highest BCUT2D eigenvalue weighted by Crippen LogP contribution is 2.24. The van der Waals surface area contributed by atoms with Gasteiger partial charge in [0.15, 0.2) is 0 Å². The van der Waals surface area contributed by atoms with E-state index in [-0.39, 0.29) is 21.9 Å². The van der Waals surface area contributed by atoms with E-state index in [2.05, 4.69) is 4.99 Å². The third kappa shape index (κ3) is 4.32. The van der Waals surface area contributed by atoms with Crippen molar-refractivity contribution in [1.29, 1.82) is 0 Å². The lowest BCUT2D eigenvalue weighted by atomic mass is 10.2. The highest BCUT2D eigenvalue weighted by Gasteiger charge is 2.25. The van der Waals surface area contributed by atoms with Gasteiger partial charge < -0.3 is 5.11 Å². The number of aromatic hydroxyl groups is 1. The molecule has 9 heteroatoms. The van der Waals surface area contributed by atoms with Crippen LogP contribution in [0.3, 0.4) is 0 Å². The second-order valence-electron chi connectivity index (χ2n) is 6.22. The normalized spacial score (nSPS) is 15.9. The van der Waals surface area contributed by atoms with E-state index >= 15 is 0 Å². The van der Waals surface area contributed by atoms with Crippen LogP contribution in [0.2, 0.25) is 0 Å². The summed E-state index contributed by atoms with van der Waals surface area (Å²) in [5.74, 6) is -0.131. The second-order valence-corrected chi connectivity index (χ2v) is 8.16. The topological polar surface area (TPSA) is 113 Å². The van der Waals surface area contributed by atoms with Gasteiger partial charge in [-0.25, -0.2) is 8.42 Å². The largest absolute Gasteiger partial charge is 0.507 e. The van der Waals surface area contributed by atoms with Crippen LogP contribution in [0.4, 0.5) is 11.4 Å². The molecular formula is C18H19N3O5S. The van der Waals surface area contributed by atoms with Crippen LogP contribution in [-0.2, 0) is 10.0 Å². The molecule has 0 saturated carbocycles. The van der Waals surface area contributed by atoms with Gasteiger partial charge in [0, 0.05) is 37.0 Å². The summed E-state index contributed by atoms with van der Waals surface area (Å²) in [6, 6.07) is 9.74. The Balaban J connectivity index is 1.79. The monoisotopic (exact) mass is 389 g/mol. The maximum Gasteiger partial charge on any atom is 0.270 e. The number of nitrogens with zero attached hydrogens (tertiary/aromatic N) is 3. The average Bonchev–Trinajstić information content (AvgIpc) is 2.68. The van der Waals surface area contributed by atoms with Gasteiger partial charge in [0.1, 0.15) is 5.75 Å². The number of hydrogen-bond acceptors (Lipinski definition) is 6. The number of benzene rings is 2. The molecule has 27 heavy (non-hydrogen) atoms. The van der Waals surface area contributed by atoms with E-state index in [0.29, 0.717) is 18.8 Å². The van der Waals surface area contributed by atoms with E-state index in [4.69, 9.17) is 0 Å². The maximum atomic E-state index is 12.6. The van der Waals surface area contributed by atoms with Gasteiger partial charge in [-0.15, -0.1) is 0 Å². The first-order valence-corrected chi connectivity index (χ1v) is 9.93. The molecule has 3 rings (SSSR count). The van der Waals surface area contributed by atoms with Gasteiger partial charge in [-0.2, -0.15) is 4.31 Å². The fraction of sp³-hybridized carbons (Fsp3) is 0.278. The molecule has 2 aromatic rings. The Morgan fingerprint density at radius 1 is 1.07 bits per heavy atom.